The van der Waals surface area contributed by atoms with E-state index in [1.165, 1.54) is 6.07 Å². The van der Waals surface area contributed by atoms with Gasteiger partial charge in [0.15, 0.2) is 0 Å². The van der Waals surface area contributed by atoms with Crippen molar-refractivity contribution >= 4 is 5.91 Å². The molecule has 1 aliphatic heterocycles. The van der Waals surface area contributed by atoms with Gasteiger partial charge in [-0.2, -0.15) is 5.26 Å². The van der Waals surface area contributed by atoms with Crippen LogP contribution in [-0.2, 0) is 6.54 Å². The molecule has 0 atom stereocenters. The van der Waals surface area contributed by atoms with Crippen LogP contribution in [0.15, 0.2) is 34.7 Å². The Bertz CT molecular complexity index is 813. The predicted molar refractivity (Wildman–Crippen MR) is 85.6 cm³/mol. The normalized spacial score (nSPS) is 15.6. The fourth-order valence-electron chi connectivity index (χ4n) is 2.91. The van der Waals surface area contributed by atoms with Crippen LogP contribution in [0.25, 0.3) is 0 Å². The summed E-state index contributed by atoms with van der Waals surface area (Å²) in [6.07, 6.45) is 0.736. The summed E-state index contributed by atoms with van der Waals surface area (Å²) < 4.78 is 32.2. The van der Waals surface area contributed by atoms with Crippen LogP contribution >= 0.6 is 0 Å². The van der Waals surface area contributed by atoms with Crippen LogP contribution in [0.1, 0.15) is 28.3 Å². The van der Waals surface area contributed by atoms with Gasteiger partial charge in [0.1, 0.15) is 23.5 Å². The van der Waals surface area contributed by atoms with Crippen molar-refractivity contribution in [2.75, 3.05) is 26.2 Å². The van der Waals surface area contributed by atoms with Gasteiger partial charge in [-0.3, -0.25) is 9.69 Å². The first-order valence-electron chi connectivity index (χ1n) is 8.02. The molecule has 130 valence electrons. The number of furan rings is 1. The Balaban J connectivity index is 1.63. The number of nitrogens with zero attached hydrogens (tertiary/aromatic N) is 3. The number of hydrogen-bond donors (Lipinski definition) is 0. The topological polar surface area (TPSA) is 60.5 Å². The molecule has 0 N–H and O–H groups in total. The Kier molecular flexibility index (Phi) is 5.10. The molecule has 0 spiro atoms. The minimum absolute atomic E-state index is 0.112. The van der Waals surface area contributed by atoms with Crippen molar-refractivity contribution < 1.29 is 18.0 Å². The highest BCUT2D eigenvalue weighted by atomic mass is 19.1. The lowest BCUT2D eigenvalue weighted by molar-refractivity contribution is 0.0756. The van der Waals surface area contributed by atoms with Crippen molar-refractivity contribution in [1.82, 2.24) is 9.80 Å². The first kappa shape index (κ1) is 17.1. The van der Waals surface area contributed by atoms with E-state index in [-0.39, 0.29) is 11.3 Å². The molecule has 1 aromatic heterocycles. The summed E-state index contributed by atoms with van der Waals surface area (Å²) in [6, 6.07) is 8.33. The molecule has 5 nitrogen and oxygen atoms in total. The van der Waals surface area contributed by atoms with Gasteiger partial charge in [0, 0.05) is 32.2 Å². The molecular formula is C18H17F2N3O2. The van der Waals surface area contributed by atoms with Gasteiger partial charge in [0.05, 0.1) is 12.1 Å². The van der Waals surface area contributed by atoms with Crippen LogP contribution in [-0.4, -0.2) is 41.9 Å². The zero-order chi connectivity index (χ0) is 17.8. The Morgan fingerprint density at radius 3 is 2.72 bits per heavy atom. The number of carbonyl (C=O) groups excluding carboxylic acids is 1. The lowest BCUT2D eigenvalue weighted by Crippen LogP contribution is -2.35. The average molecular weight is 345 g/mol. The fourth-order valence-corrected chi connectivity index (χ4v) is 2.91. The van der Waals surface area contributed by atoms with Crippen LogP contribution in [0.4, 0.5) is 8.78 Å². The minimum atomic E-state index is -0.842. The minimum Gasteiger partial charge on any atom is -0.449 e. The maximum atomic E-state index is 13.8. The van der Waals surface area contributed by atoms with Crippen LogP contribution in [0.5, 0.6) is 0 Å². The van der Waals surface area contributed by atoms with E-state index < -0.39 is 17.5 Å². The fraction of sp³-hybridized carbons (Fsp3) is 0.333. The van der Waals surface area contributed by atoms with Gasteiger partial charge in [-0.15, -0.1) is 0 Å². The van der Waals surface area contributed by atoms with E-state index in [4.69, 9.17) is 9.68 Å². The second-order valence-electron chi connectivity index (χ2n) is 5.92. The molecule has 1 amide bonds. The average Bonchev–Trinajstić information content (AvgIpc) is 2.91. The van der Waals surface area contributed by atoms with E-state index >= 15 is 0 Å². The van der Waals surface area contributed by atoms with Crippen LogP contribution in [0.2, 0.25) is 0 Å². The number of rotatable bonds is 3. The summed E-state index contributed by atoms with van der Waals surface area (Å²) in [4.78, 5) is 16.2. The summed E-state index contributed by atoms with van der Waals surface area (Å²) in [6.45, 7) is 2.87. The van der Waals surface area contributed by atoms with Gasteiger partial charge in [-0.05, 0) is 30.7 Å². The number of halogens is 2. The summed E-state index contributed by atoms with van der Waals surface area (Å²) in [5.74, 6) is -1.00. The second-order valence-corrected chi connectivity index (χ2v) is 5.92. The number of carbonyl (C=O) groups is 1. The number of benzene rings is 1. The summed E-state index contributed by atoms with van der Waals surface area (Å²) in [5, 5.41) is 8.79. The molecule has 0 aliphatic carbocycles. The molecule has 1 aromatic carbocycles. The van der Waals surface area contributed by atoms with E-state index in [0.29, 0.717) is 31.9 Å². The molecule has 1 aliphatic rings. The van der Waals surface area contributed by atoms with Crippen LogP contribution < -0.4 is 0 Å². The molecule has 25 heavy (non-hydrogen) atoms. The zero-order valence-corrected chi connectivity index (χ0v) is 13.5. The van der Waals surface area contributed by atoms with Crippen molar-refractivity contribution in [3.8, 4) is 6.07 Å². The van der Waals surface area contributed by atoms with E-state index in [1.54, 1.807) is 17.0 Å². The van der Waals surface area contributed by atoms with Gasteiger partial charge >= 0.3 is 0 Å². The van der Waals surface area contributed by atoms with E-state index in [2.05, 4.69) is 4.90 Å². The molecule has 1 saturated heterocycles. The monoisotopic (exact) mass is 345 g/mol. The Hall–Kier alpha value is -2.72. The van der Waals surface area contributed by atoms with Gasteiger partial charge < -0.3 is 9.32 Å². The molecule has 3 rings (SSSR count). The highest BCUT2D eigenvalue weighted by Crippen LogP contribution is 2.16. The van der Waals surface area contributed by atoms with Crippen molar-refractivity contribution in [3.63, 3.8) is 0 Å². The van der Waals surface area contributed by atoms with Crippen LogP contribution in [0, 0.1) is 23.0 Å². The quantitative estimate of drug-likeness (QED) is 0.858. The molecule has 0 unspecified atom stereocenters. The maximum absolute atomic E-state index is 13.8. The van der Waals surface area contributed by atoms with E-state index in [1.807, 2.05) is 6.07 Å². The predicted octanol–water partition coefficient (Wildman–Crippen LogP) is 2.78. The van der Waals surface area contributed by atoms with Gasteiger partial charge in [0.2, 0.25) is 5.76 Å². The molecule has 2 heterocycles. The summed E-state index contributed by atoms with van der Waals surface area (Å²) in [7, 11) is 0. The molecule has 1 fully saturated rings. The van der Waals surface area contributed by atoms with Gasteiger partial charge in [-0.25, -0.2) is 8.78 Å². The van der Waals surface area contributed by atoms with Crippen molar-refractivity contribution in [2.45, 2.75) is 13.0 Å². The molecule has 0 saturated carbocycles. The number of hydrogen-bond acceptors (Lipinski definition) is 4. The third kappa shape index (κ3) is 4.03. The number of amides is 1. The number of nitriles is 1. The lowest BCUT2D eigenvalue weighted by atomic mass is 10.1. The van der Waals surface area contributed by atoms with Gasteiger partial charge in [0.25, 0.3) is 5.91 Å². The second kappa shape index (κ2) is 7.45. The third-order valence-corrected chi connectivity index (χ3v) is 4.19. The van der Waals surface area contributed by atoms with Gasteiger partial charge in [-0.1, -0.05) is 0 Å². The molecule has 0 bridgehead atoms. The summed E-state index contributed by atoms with van der Waals surface area (Å²) >= 11 is 0. The lowest BCUT2D eigenvalue weighted by Gasteiger charge is -2.21. The van der Waals surface area contributed by atoms with E-state index in [0.717, 1.165) is 25.1 Å². The Morgan fingerprint density at radius 1 is 1.16 bits per heavy atom. The highest BCUT2D eigenvalue weighted by molar-refractivity contribution is 5.94. The Morgan fingerprint density at radius 2 is 2.00 bits per heavy atom. The summed E-state index contributed by atoms with van der Waals surface area (Å²) in [5.41, 5.74) is -0.112. The van der Waals surface area contributed by atoms with Crippen molar-refractivity contribution in [3.05, 3.63) is 59.1 Å². The molecule has 7 heteroatoms. The van der Waals surface area contributed by atoms with E-state index in [9.17, 15) is 13.6 Å². The largest absolute Gasteiger partial charge is 0.449 e. The highest BCUT2D eigenvalue weighted by Gasteiger charge is 2.23. The molecular weight excluding hydrogens is 328 g/mol. The van der Waals surface area contributed by atoms with Crippen LogP contribution in [0.3, 0.4) is 0 Å². The van der Waals surface area contributed by atoms with Crippen molar-refractivity contribution in [1.29, 1.82) is 5.26 Å². The maximum Gasteiger partial charge on any atom is 0.256 e. The zero-order valence-electron chi connectivity index (χ0n) is 13.5. The van der Waals surface area contributed by atoms with Crippen molar-refractivity contribution in [2.24, 2.45) is 0 Å². The first-order chi connectivity index (χ1) is 12.1. The standard InChI is InChI=1S/C18H17F2N3O2/c19-13-2-5-16(17(20)10-13)18(24)23-7-1-6-22(8-9-23)12-15-4-3-14(11-21)25-15/h2-5,10H,1,6-9,12H2. The SMILES string of the molecule is N#Cc1ccc(CN2CCCN(C(=O)c3ccc(F)cc3F)CC2)o1. The first-order valence-corrected chi connectivity index (χ1v) is 8.02. The molecule has 2 aromatic rings. The Labute approximate surface area is 144 Å². The molecule has 0 radical (unpaired) electrons. The third-order valence-electron chi connectivity index (χ3n) is 4.19. The smallest absolute Gasteiger partial charge is 0.256 e.